The van der Waals surface area contributed by atoms with Gasteiger partial charge < -0.3 is 16.0 Å². The van der Waals surface area contributed by atoms with Crippen molar-refractivity contribution in [3.63, 3.8) is 0 Å². The van der Waals surface area contributed by atoms with Gasteiger partial charge in [-0.2, -0.15) is 0 Å². The molecule has 2 aromatic rings. The van der Waals surface area contributed by atoms with Gasteiger partial charge in [0.1, 0.15) is 0 Å². The Balaban J connectivity index is 2.26. The van der Waals surface area contributed by atoms with Crippen LogP contribution in [0.3, 0.4) is 0 Å². The first kappa shape index (κ1) is 15.4. The normalized spacial score (nSPS) is 10.3. The molecule has 1 amide bonds. The molecule has 0 heterocycles. The highest BCUT2D eigenvalue weighted by Crippen LogP contribution is 2.28. The quantitative estimate of drug-likeness (QED) is 0.833. The molecular weight excluding hydrogens is 330 g/mol. The monoisotopic (exact) mass is 347 g/mol. The smallest absolute Gasteiger partial charge is 0.255 e. The summed E-state index contributed by atoms with van der Waals surface area (Å²) in [4.78, 5) is 14.3. The van der Waals surface area contributed by atoms with Gasteiger partial charge in [0, 0.05) is 35.5 Å². The topological polar surface area (TPSA) is 58.4 Å². The minimum Gasteiger partial charge on any atom is -0.398 e. The number of anilines is 3. The Kier molecular flexibility index (Phi) is 4.53. The lowest BCUT2D eigenvalue weighted by Crippen LogP contribution is -2.14. The van der Waals surface area contributed by atoms with Gasteiger partial charge in [-0.1, -0.05) is 6.07 Å². The number of rotatable bonds is 3. The van der Waals surface area contributed by atoms with Gasteiger partial charge in [0.2, 0.25) is 0 Å². The van der Waals surface area contributed by atoms with E-state index in [1.807, 2.05) is 50.2 Å². The molecule has 4 nitrogen and oxygen atoms in total. The molecule has 0 bridgehead atoms. The number of nitrogen functional groups attached to an aromatic ring is 1. The largest absolute Gasteiger partial charge is 0.398 e. The summed E-state index contributed by atoms with van der Waals surface area (Å²) in [6, 6.07) is 11.1. The fourth-order valence-electron chi connectivity index (χ4n) is 1.91. The highest BCUT2D eigenvalue weighted by atomic mass is 79.9. The Morgan fingerprint density at radius 3 is 2.62 bits per heavy atom. The molecular formula is C16H18BrN3O. The van der Waals surface area contributed by atoms with E-state index in [-0.39, 0.29) is 5.91 Å². The van der Waals surface area contributed by atoms with Crippen molar-refractivity contribution in [1.29, 1.82) is 0 Å². The zero-order valence-electron chi connectivity index (χ0n) is 12.3. The van der Waals surface area contributed by atoms with Crippen molar-refractivity contribution >= 4 is 38.9 Å². The molecule has 0 unspecified atom stereocenters. The van der Waals surface area contributed by atoms with E-state index in [0.717, 1.165) is 15.7 Å². The maximum absolute atomic E-state index is 12.3. The van der Waals surface area contributed by atoms with Gasteiger partial charge in [-0.05, 0) is 58.7 Å². The van der Waals surface area contributed by atoms with Crippen molar-refractivity contribution in [2.24, 2.45) is 0 Å². The molecule has 0 saturated heterocycles. The van der Waals surface area contributed by atoms with E-state index in [1.54, 1.807) is 12.1 Å². The van der Waals surface area contributed by atoms with E-state index in [0.29, 0.717) is 16.9 Å². The first-order valence-corrected chi connectivity index (χ1v) is 7.32. The fourth-order valence-corrected chi connectivity index (χ4v) is 2.46. The maximum atomic E-state index is 12.3. The molecule has 2 rings (SSSR count). The van der Waals surface area contributed by atoms with Gasteiger partial charge >= 0.3 is 0 Å². The van der Waals surface area contributed by atoms with Crippen molar-refractivity contribution in [1.82, 2.24) is 0 Å². The van der Waals surface area contributed by atoms with E-state index in [2.05, 4.69) is 21.2 Å². The van der Waals surface area contributed by atoms with Crippen LogP contribution in [0.4, 0.5) is 17.1 Å². The van der Waals surface area contributed by atoms with Gasteiger partial charge in [0.15, 0.2) is 0 Å². The Morgan fingerprint density at radius 2 is 1.95 bits per heavy atom. The Hall–Kier alpha value is -2.01. The molecule has 3 N–H and O–H groups in total. The van der Waals surface area contributed by atoms with Gasteiger partial charge in [-0.3, -0.25) is 4.79 Å². The van der Waals surface area contributed by atoms with Crippen LogP contribution in [-0.2, 0) is 0 Å². The Labute approximate surface area is 133 Å². The molecule has 0 aliphatic rings. The van der Waals surface area contributed by atoms with Crippen molar-refractivity contribution in [3.8, 4) is 0 Å². The summed E-state index contributed by atoms with van der Waals surface area (Å²) < 4.78 is 0.811. The number of carbonyl (C=O) groups excluding carboxylic acids is 1. The molecule has 0 aliphatic heterocycles. The van der Waals surface area contributed by atoms with Crippen LogP contribution in [0.5, 0.6) is 0 Å². The van der Waals surface area contributed by atoms with E-state index < -0.39 is 0 Å². The van der Waals surface area contributed by atoms with Gasteiger partial charge in [-0.25, -0.2) is 0 Å². The fraction of sp³-hybridized carbons (Fsp3) is 0.188. The summed E-state index contributed by atoms with van der Waals surface area (Å²) >= 11 is 3.44. The zero-order valence-corrected chi connectivity index (χ0v) is 13.9. The molecule has 0 aliphatic carbocycles. The summed E-state index contributed by atoms with van der Waals surface area (Å²) in [5, 5.41) is 2.88. The average Bonchev–Trinajstić information content (AvgIpc) is 2.44. The van der Waals surface area contributed by atoms with Crippen LogP contribution in [0.15, 0.2) is 40.9 Å². The van der Waals surface area contributed by atoms with Crippen LogP contribution in [-0.4, -0.2) is 20.0 Å². The lowest BCUT2D eigenvalue weighted by molar-refractivity contribution is 0.102. The predicted molar refractivity (Wildman–Crippen MR) is 92.0 cm³/mol. The van der Waals surface area contributed by atoms with Crippen molar-refractivity contribution in [3.05, 3.63) is 52.0 Å². The molecule has 5 heteroatoms. The first-order valence-electron chi connectivity index (χ1n) is 6.53. The SMILES string of the molecule is Cc1cc(Br)c(NC(=O)c2cccc(N(C)C)c2)cc1N. The lowest BCUT2D eigenvalue weighted by Gasteiger charge is -2.14. The number of hydrogen-bond donors (Lipinski definition) is 2. The third-order valence-electron chi connectivity index (χ3n) is 3.23. The summed E-state index contributed by atoms with van der Waals surface area (Å²) in [6.07, 6.45) is 0. The number of nitrogens with two attached hydrogens (primary N) is 1. The number of hydrogen-bond acceptors (Lipinski definition) is 3. The summed E-state index contributed by atoms with van der Waals surface area (Å²) in [6.45, 7) is 1.92. The molecule has 0 radical (unpaired) electrons. The number of nitrogens with zero attached hydrogens (tertiary/aromatic N) is 1. The van der Waals surface area contributed by atoms with Crippen molar-refractivity contribution < 1.29 is 4.79 Å². The maximum Gasteiger partial charge on any atom is 0.255 e. The van der Waals surface area contributed by atoms with Gasteiger partial charge in [0.05, 0.1) is 5.69 Å². The molecule has 0 atom stereocenters. The number of aryl methyl sites for hydroxylation is 1. The number of benzene rings is 2. The number of halogens is 1. The van der Waals surface area contributed by atoms with E-state index in [4.69, 9.17) is 5.73 Å². The molecule has 21 heavy (non-hydrogen) atoms. The third kappa shape index (κ3) is 3.55. The molecule has 0 spiro atoms. The second kappa shape index (κ2) is 6.18. The molecule has 0 fully saturated rings. The predicted octanol–water partition coefficient (Wildman–Crippen LogP) is 3.66. The van der Waals surface area contributed by atoms with Crippen molar-refractivity contribution in [2.45, 2.75) is 6.92 Å². The highest BCUT2D eigenvalue weighted by Gasteiger charge is 2.10. The standard InChI is InChI=1S/C16H18BrN3O/c1-10-7-13(17)15(9-14(10)18)19-16(21)11-5-4-6-12(8-11)20(2)3/h4-9H,18H2,1-3H3,(H,19,21). The van der Waals surface area contributed by atoms with Crippen LogP contribution in [0, 0.1) is 6.92 Å². The first-order chi connectivity index (χ1) is 9.88. The van der Waals surface area contributed by atoms with E-state index in [9.17, 15) is 4.79 Å². The van der Waals surface area contributed by atoms with Crippen LogP contribution >= 0.6 is 15.9 Å². The van der Waals surface area contributed by atoms with E-state index in [1.165, 1.54) is 0 Å². The highest BCUT2D eigenvalue weighted by molar-refractivity contribution is 9.10. The summed E-state index contributed by atoms with van der Waals surface area (Å²) in [5.41, 5.74) is 9.75. The number of amides is 1. The van der Waals surface area contributed by atoms with Gasteiger partial charge in [-0.15, -0.1) is 0 Å². The second-order valence-corrected chi connectivity index (χ2v) is 5.94. The van der Waals surface area contributed by atoms with Gasteiger partial charge in [0.25, 0.3) is 5.91 Å². The van der Waals surface area contributed by atoms with Crippen LogP contribution in [0.1, 0.15) is 15.9 Å². The van der Waals surface area contributed by atoms with Crippen LogP contribution < -0.4 is 16.0 Å². The minimum atomic E-state index is -0.164. The molecule has 2 aromatic carbocycles. The zero-order chi connectivity index (χ0) is 15.6. The number of carbonyl (C=O) groups is 1. The second-order valence-electron chi connectivity index (χ2n) is 5.09. The molecule has 0 saturated carbocycles. The van der Waals surface area contributed by atoms with Crippen LogP contribution in [0.25, 0.3) is 0 Å². The lowest BCUT2D eigenvalue weighted by atomic mass is 10.1. The van der Waals surface area contributed by atoms with E-state index >= 15 is 0 Å². The van der Waals surface area contributed by atoms with Crippen molar-refractivity contribution in [2.75, 3.05) is 30.0 Å². The summed E-state index contributed by atoms with van der Waals surface area (Å²) in [7, 11) is 3.88. The Bertz CT molecular complexity index is 683. The van der Waals surface area contributed by atoms with Crippen LogP contribution in [0.2, 0.25) is 0 Å². The Morgan fingerprint density at radius 1 is 1.24 bits per heavy atom. The summed E-state index contributed by atoms with van der Waals surface area (Å²) in [5.74, 6) is -0.164. The molecule has 110 valence electrons. The molecule has 0 aromatic heterocycles. The third-order valence-corrected chi connectivity index (χ3v) is 3.88. The minimum absolute atomic E-state index is 0.164. The average molecular weight is 348 g/mol. The number of nitrogens with one attached hydrogen (secondary N) is 1.